The third-order valence-electron chi connectivity index (χ3n) is 1.74. The smallest absolute Gasteiger partial charge is 0.465 e. The minimum absolute atomic E-state index is 0.0354. The molecule has 0 aromatic rings. The topological polar surface area (TPSA) is 88.1 Å². The van der Waals surface area contributed by atoms with Crippen molar-refractivity contribution >= 4 is 29.7 Å². The Bertz CT molecular complexity index is 298. The molecule has 0 bridgehead atoms. The highest BCUT2D eigenvalue weighted by Gasteiger charge is 2.17. The molecule has 110 valence electrons. The largest absolute Gasteiger partial charge is 0.509 e. The average molecular weight is 297 g/mol. The zero-order valence-electron chi connectivity index (χ0n) is 11.0. The fourth-order valence-corrected chi connectivity index (χ4v) is 1.04. The summed E-state index contributed by atoms with van der Waals surface area (Å²) in [6, 6.07) is 0. The van der Waals surface area contributed by atoms with Crippen molar-refractivity contribution in [2.75, 3.05) is 19.8 Å². The second-order valence-corrected chi connectivity index (χ2v) is 4.31. The molecule has 0 aliphatic carbocycles. The van der Waals surface area contributed by atoms with Crippen LogP contribution in [0.3, 0.4) is 0 Å². The van der Waals surface area contributed by atoms with Crippen LogP contribution in [0.15, 0.2) is 0 Å². The minimum atomic E-state index is -0.946. The van der Waals surface area contributed by atoms with Gasteiger partial charge in [-0.05, 0) is 6.92 Å². The molecule has 0 aromatic heterocycles. The molecule has 1 unspecified atom stereocenters. The summed E-state index contributed by atoms with van der Waals surface area (Å²) >= 11 is 5.43. The summed E-state index contributed by atoms with van der Waals surface area (Å²) in [6.07, 6.45) is -0.946. The SMILES string of the molecule is CC(=O)OCC(COC(C)=O)COC(=O)OC(C)Cl. The summed E-state index contributed by atoms with van der Waals surface area (Å²) in [5.74, 6) is -1.43. The first-order chi connectivity index (χ1) is 8.81. The van der Waals surface area contributed by atoms with Crippen molar-refractivity contribution in [2.45, 2.75) is 26.3 Å². The molecule has 7 nitrogen and oxygen atoms in total. The van der Waals surface area contributed by atoms with Crippen molar-refractivity contribution < 1.29 is 33.3 Å². The summed E-state index contributed by atoms with van der Waals surface area (Å²) in [6.45, 7) is 3.75. The van der Waals surface area contributed by atoms with Crippen LogP contribution in [0.4, 0.5) is 4.79 Å². The standard InChI is InChI=1S/C11H17ClO7/c1-7(12)19-11(15)18-6-10(4-16-8(2)13)5-17-9(3)14/h7,10H,4-6H2,1-3H3. The Kier molecular flexibility index (Phi) is 8.69. The third-order valence-corrected chi connectivity index (χ3v) is 1.83. The average Bonchev–Trinajstić information content (AvgIpc) is 2.26. The molecule has 0 N–H and O–H groups in total. The zero-order chi connectivity index (χ0) is 14.8. The molecule has 0 saturated heterocycles. The van der Waals surface area contributed by atoms with Crippen LogP contribution >= 0.6 is 11.6 Å². The van der Waals surface area contributed by atoms with E-state index in [9.17, 15) is 14.4 Å². The molecular formula is C11H17ClO7. The Morgan fingerprint density at radius 2 is 1.37 bits per heavy atom. The van der Waals surface area contributed by atoms with Gasteiger partial charge in [-0.3, -0.25) is 9.59 Å². The second kappa shape index (κ2) is 9.43. The van der Waals surface area contributed by atoms with Gasteiger partial charge in [0.15, 0.2) is 5.56 Å². The first-order valence-corrected chi connectivity index (χ1v) is 5.99. The van der Waals surface area contributed by atoms with Crippen LogP contribution in [0.25, 0.3) is 0 Å². The van der Waals surface area contributed by atoms with E-state index in [4.69, 9.17) is 25.8 Å². The van der Waals surface area contributed by atoms with Gasteiger partial charge in [0.05, 0.1) is 5.92 Å². The molecule has 0 rings (SSSR count). The number of ether oxygens (including phenoxy) is 4. The van der Waals surface area contributed by atoms with Crippen molar-refractivity contribution in [1.82, 2.24) is 0 Å². The molecule has 0 heterocycles. The number of alkyl halides is 1. The Hall–Kier alpha value is -1.50. The van der Waals surface area contributed by atoms with E-state index < -0.39 is 29.6 Å². The fraction of sp³-hybridized carbons (Fsp3) is 0.727. The Morgan fingerprint density at radius 3 is 1.74 bits per heavy atom. The van der Waals surface area contributed by atoms with Gasteiger partial charge >= 0.3 is 18.1 Å². The van der Waals surface area contributed by atoms with Crippen LogP contribution in [-0.4, -0.2) is 43.5 Å². The molecule has 0 amide bonds. The molecule has 0 spiro atoms. The monoisotopic (exact) mass is 296 g/mol. The fourth-order valence-electron chi connectivity index (χ4n) is 0.967. The first-order valence-electron chi connectivity index (χ1n) is 5.55. The van der Waals surface area contributed by atoms with Crippen molar-refractivity contribution in [2.24, 2.45) is 5.92 Å². The van der Waals surface area contributed by atoms with Gasteiger partial charge in [-0.25, -0.2) is 4.79 Å². The van der Waals surface area contributed by atoms with Crippen molar-refractivity contribution in [3.63, 3.8) is 0 Å². The molecule has 0 radical (unpaired) electrons. The lowest BCUT2D eigenvalue weighted by molar-refractivity contribution is -0.147. The van der Waals surface area contributed by atoms with Crippen LogP contribution in [0.1, 0.15) is 20.8 Å². The number of hydrogen-bond donors (Lipinski definition) is 0. The first kappa shape index (κ1) is 17.5. The lowest BCUT2D eigenvalue weighted by Crippen LogP contribution is -2.26. The normalized spacial score (nSPS) is 11.6. The van der Waals surface area contributed by atoms with E-state index in [-0.39, 0.29) is 19.8 Å². The Balaban J connectivity index is 4.12. The number of halogens is 1. The van der Waals surface area contributed by atoms with Crippen LogP contribution in [0.2, 0.25) is 0 Å². The number of hydrogen-bond acceptors (Lipinski definition) is 7. The van der Waals surface area contributed by atoms with Crippen molar-refractivity contribution in [1.29, 1.82) is 0 Å². The van der Waals surface area contributed by atoms with E-state index in [1.807, 2.05) is 0 Å². The molecule has 0 fully saturated rings. The minimum Gasteiger partial charge on any atom is -0.465 e. The van der Waals surface area contributed by atoms with Gasteiger partial charge < -0.3 is 18.9 Å². The molecule has 8 heteroatoms. The maximum atomic E-state index is 11.1. The summed E-state index contributed by atoms with van der Waals surface area (Å²) in [5, 5.41) is 0. The van der Waals surface area contributed by atoms with Gasteiger partial charge in [0.1, 0.15) is 19.8 Å². The van der Waals surface area contributed by atoms with E-state index >= 15 is 0 Å². The lowest BCUT2D eigenvalue weighted by Gasteiger charge is -2.16. The molecule has 1 atom stereocenters. The number of rotatable bonds is 7. The van der Waals surface area contributed by atoms with Gasteiger partial charge in [-0.1, -0.05) is 11.6 Å². The molecule has 0 aliphatic heterocycles. The summed E-state index contributed by atoms with van der Waals surface area (Å²) in [7, 11) is 0. The van der Waals surface area contributed by atoms with Gasteiger partial charge in [0.25, 0.3) is 0 Å². The summed E-state index contributed by atoms with van der Waals surface area (Å²) < 4.78 is 18.8. The Labute approximate surface area is 116 Å². The van der Waals surface area contributed by atoms with Crippen molar-refractivity contribution in [3.8, 4) is 0 Å². The van der Waals surface area contributed by atoms with Gasteiger partial charge in [0, 0.05) is 13.8 Å². The summed E-state index contributed by atoms with van der Waals surface area (Å²) in [5.41, 5.74) is -0.812. The highest BCUT2D eigenvalue weighted by atomic mass is 35.5. The third kappa shape index (κ3) is 11.3. The predicted molar refractivity (Wildman–Crippen MR) is 64.5 cm³/mol. The molecule has 0 aromatic carbocycles. The molecule has 0 aliphatic rings. The van der Waals surface area contributed by atoms with Crippen LogP contribution < -0.4 is 0 Å². The summed E-state index contributed by atoms with van der Waals surface area (Å²) in [4.78, 5) is 32.5. The van der Waals surface area contributed by atoms with Crippen LogP contribution in [0.5, 0.6) is 0 Å². The van der Waals surface area contributed by atoms with E-state index in [1.165, 1.54) is 20.8 Å². The van der Waals surface area contributed by atoms with Gasteiger partial charge in [-0.2, -0.15) is 0 Å². The number of esters is 2. The van der Waals surface area contributed by atoms with Gasteiger partial charge in [0.2, 0.25) is 0 Å². The highest BCUT2D eigenvalue weighted by molar-refractivity contribution is 6.19. The van der Waals surface area contributed by atoms with Crippen LogP contribution in [0, 0.1) is 5.92 Å². The van der Waals surface area contributed by atoms with Crippen LogP contribution in [-0.2, 0) is 28.5 Å². The van der Waals surface area contributed by atoms with E-state index in [0.29, 0.717) is 0 Å². The maximum absolute atomic E-state index is 11.1. The number of carbonyl (C=O) groups excluding carboxylic acids is 3. The lowest BCUT2D eigenvalue weighted by atomic mass is 10.2. The Morgan fingerprint density at radius 1 is 0.947 bits per heavy atom. The zero-order valence-corrected chi connectivity index (χ0v) is 11.8. The van der Waals surface area contributed by atoms with E-state index in [0.717, 1.165) is 0 Å². The maximum Gasteiger partial charge on any atom is 0.509 e. The van der Waals surface area contributed by atoms with Crippen molar-refractivity contribution in [3.05, 3.63) is 0 Å². The number of carbonyl (C=O) groups is 3. The quantitative estimate of drug-likeness (QED) is 0.399. The molecule has 19 heavy (non-hydrogen) atoms. The molecule has 0 saturated carbocycles. The molecular weight excluding hydrogens is 280 g/mol. The second-order valence-electron chi connectivity index (χ2n) is 3.69. The van der Waals surface area contributed by atoms with Gasteiger partial charge in [-0.15, -0.1) is 0 Å². The van der Waals surface area contributed by atoms with E-state index in [2.05, 4.69) is 4.74 Å². The highest BCUT2D eigenvalue weighted by Crippen LogP contribution is 2.04. The predicted octanol–water partition coefficient (Wildman–Crippen LogP) is 1.47. The van der Waals surface area contributed by atoms with E-state index in [1.54, 1.807) is 0 Å².